The molecule has 7 heteroatoms. The number of anilines is 1. The van der Waals surface area contributed by atoms with Crippen LogP contribution in [0.25, 0.3) is 0 Å². The number of nitrogen functional groups attached to an aromatic ring is 1. The van der Waals surface area contributed by atoms with Gasteiger partial charge in [0.15, 0.2) is 6.61 Å². The minimum Gasteiger partial charge on any atom is -0.471 e. The first kappa shape index (κ1) is 10.1. The lowest BCUT2D eigenvalue weighted by Crippen LogP contribution is -2.09. The molecular formula is C6H6BrF2N3O. The Kier molecular flexibility index (Phi) is 3.35. The van der Waals surface area contributed by atoms with Gasteiger partial charge in [0.25, 0.3) is 6.43 Å². The summed E-state index contributed by atoms with van der Waals surface area (Å²) in [6.45, 7) is -0.713. The third kappa shape index (κ3) is 2.76. The van der Waals surface area contributed by atoms with Gasteiger partial charge in [-0.25, -0.2) is 18.7 Å². The van der Waals surface area contributed by atoms with Crippen LogP contribution in [0.3, 0.4) is 0 Å². The largest absolute Gasteiger partial charge is 0.471 e. The first-order valence-corrected chi connectivity index (χ1v) is 4.07. The molecule has 0 amide bonds. The zero-order valence-corrected chi connectivity index (χ0v) is 7.96. The number of nitrogens with zero attached hydrogens (tertiary/aromatic N) is 2. The molecule has 72 valence electrons. The van der Waals surface area contributed by atoms with Crippen LogP contribution in [0.4, 0.5) is 14.6 Å². The van der Waals surface area contributed by atoms with Crippen molar-refractivity contribution in [2.24, 2.45) is 0 Å². The molecule has 0 unspecified atom stereocenters. The molecule has 0 radical (unpaired) electrons. The lowest BCUT2D eigenvalue weighted by atomic mass is 10.6. The molecule has 0 aliphatic rings. The van der Waals surface area contributed by atoms with Crippen LogP contribution in [0.15, 0.2) is 10.8 Å². The van der Waals surface area contributed by atoms with E-state index in [1.54, 1.807) is 0 Å². The Labute approximate surface area is 81.3 Å². The molecule has 4 nitrogen and oxygen atoms in total. The van der Waals surface area contributed by atoms with Gasteiger partial charge in [0, 0.05) is 0 Å². The fourth-order valence-electron chi connectivity index (χ4n) is 0.609. The van der Waals surface area contributed by atoms with Gasteiger partial charge in [-0.3, -0.25) is 0 Å². The average Bonchev–Trinajstić information content (AvgIpc) is 2.07. The van der Waals surface area contributed by atoms with E-state index in [2.05, 4.69) is 30.6 Å². The van der Waals surface area contributed by atoms with Crippen LogP contribution >= 0.6 is 15.9 Å². The Morgan fingerprint density at radius 1 is 1.54 bits per heavy atom. The van der Waals surface area contributed by atoms with Crippen LogP contribution in [-0.2, 0) is 0 Å². The van der Waals surface area contributed by atoms with Crippen molar-refractivity contribution >= 4 is 21.7 Å². The van der Waals surface area contributed by atoms with Gasteiger partial charge < -0.3 is 10.5 Å². The van der Waals surface area contributed by atoms with Gasteiger partial charge in [-0.1, -0.05) is 0 Å². The maximum Gasteiger partial charge on any atom is 0.272 e. The van der Waals surface area contributed by atoms with E-state index in [9.17, 15) is 8.78 Å². The molecule has 1 rings (SSSR count). The van der Waals surface area contributed by atoms with Crippen molar-refractivity contribution in [3.63, 3.8) is 0 Å². The van der Waals surface area contributed by atoms with Crippen molar-refractivity contribution < 1.29 is 13.5 Å². The summed E-state index contributed by atoms with van der Waals surface area (Å²) >= 11 is 3.01. The molecular weight excluding hydrogens is 248 g/mol. The zero-order chi connectivity index (χ0) is 9.84. The standard InChI is InChI=1S/C6H6BrF2N3O/c7-4-5(10)11-2-12-6(4)13-1-3(8)9/h2-3H,1H2,(H2,10,11,12). The summed E-state index contributed by atoms with van der Waals surface area (Å²) in [4.78, 5) is 7.24. The molecule has 0 aromatic carbocycles. The first-order valence-electron chi connectivity index (χ1n) is 3.28. The van der Waals surface area contributed by atoms with Crippen LogP contribution in [0.2, 0.25) is 0 Å². The van der Waals surface area contributed by atoms with E-state index >= 15 is 0 Å². The molecule has 0 spiro atoms. The Morgan fingerprint density at radius 3 is 2.85 bits per heavy atom. The Balaban J connectivity index is 2.71. The van der Waals surface area contributed by atoms with Gasteiger partial charge in [0.2, 0.25) is 5.88 Å². The van der Waals surface area contributed by atoms with Gasteiger partial charge >= 0.3 is 0 Å². The number of aromatic nitrogens is 2. The predicted molar refractivity (Wildman–Crippen MR) is 45.6 cm³/mol. The van der Waals surface area contributed by atoms with Crippen molar-refractivity contribution in [1.82, 2.24) is 9.97 Å². The minimum atomic E-state index is -2.54. The highest BCUT2D eigenvalue weighted by atomic mass is 79.9. The quantitative estimate of drug-likeness (QED) is 0.887. The summed E-state index contributed by atoms with van der Waals surface area (Å²) < 4.78 is 28.4. The molecule has 2 N–H and O–H groups in total. The van der Waals surface area contributed by atoms with Crippen molar-refractivity contribution in [3.8, 4) is 5.88 Å². The Morgan fingerprint density at radius 2 is 2.23 bits per heavy atom. The topological polar surface area (TPSA) is 61.0 Å². The highest BCUT2D eigenvalue weighted by molar-refractivity contribution is 9.10. The monoisotopic (exact) mass is 253 g/mol. The molecule has 0 aliphatic heterocycles. The van der Waals surface area contributed by atoms with Crippen LogP contribution in [0, 0.1) is 0 Å². The molecule has 13 heavy (non-hydrogen) atoms. The van der Waals surface area contributed by atoms with Crippen molar-refractivity contribution in [1.29, 1.82) is 0 Å². The predicted octanol–water partition coefficient (Wildman–Crippen LogP) is 1.47. The second kappa shape index (κ2) is 4.31. The van der Waals surface area contributed by atoms with Gasteiger partial charge in [0.05, 0.1) is 0 Å². The van der Waals surface area contributed by atoms with Crippen LogP contribution in [0.5, 0.6) is 5.88 Å². The smallest absolute Gasteiger partial charge is 0.272 e. The van der Waals surface area contributed by atoms with E-state index in [1.165, 1.54) is 0 Å². The minimum absolute atomic E-state index is 0.0211. The van der Waals surface area contributed by atoms with Gasteiger partial charge in [-0.2, -0.15) is 0 Å². The van der Waals surface area contributed by atoms with Gasteiger partial charge in [-0.05, 0) is 15.9 Å². The van der Waals surface area contributed by atoms with Crippen molar-refractivity contribution in [2.75, 3.05) is 12.3 Å². The maximum atomic E-state index is 11.7. The van der Waals surface area contributed by atoms with E-state index in [4.69, 9.17) is 5.73 Å². The molecule has 0 saturated heterocycles. The number of ether oxygens (including phenoxy) is 1. The summed E-state index contributed by atoms with van der Waals surface area (Å²) in [5, 5.41) is 0. The summed E-state index contributed by atoms with van der Waals surface area (Å²) in [5.41, 5.74) is 5.36. The SMILES string of the molecule is Nc1ncnc(OCC(F)F)c1Br. The lowest BCUT2D eigenvalue weighted by molar-refractivity contribution is 0.0791. The zero-order valence-electron chi connectivity index (χ0n) is 6.38. The van der Waals surface area contributed by atoms with Crippen LogP contribution < -0.4 is 10.5 Å². The van der Waals surface area contributed by atoms with E-state index in [1.807, 2.05) is 0 Å². The first-order chi connectivity index (χ1) is 6.11. The van der Waals surface area contributed by atoms with Gasteiger partial charge in [-0.15, -0.1) is 0 Å². The highest BCUT2D eigenvalue weighted by Crippen LogP contribution is 2.26. The maximum absolute atomic E-state index is 11.7. The Hall–Kier alpha value is -0.980. The third-order valence-corrected chi connectivity index (χ3v) is 1.88. The number of alkyl halides is 2. The van der Waals surface area contributed by atoms with Crippen LogP contribution in [0.1, 0.15) is 0 Å². The van der Waals surface area contributed by atoms with Crippen molar-refractivity contribution in [3.05, 3.63) is 10.8 Å². The van der Waals surface area contributed by atoms with E-state index in [0.29, 0.717) is 0 Å². The molecule has 1 aromatic heterocycles. The molecule has 0 fully saturated rings. The summed E-state index contributed by atoms with van der Waals surface area (Å²) in [6.07, 6.45) is -1.40. The van der Waals surface area contributed by atoms with E-state index in [-0.39, 0.29) is 16.2 Å². The van der Waals surface area contributed by atoms with E-state index < -0.39 is 13.0 Å². The fourth-order valence-corrected chi connectivity index (χ4v) is 0.928. The number of hydrogen-bond acceptors (Lipinski definition) is 4. The Bertz CT molecular complexity index is 297. The second-order valence-electron chi connectivity index (χ2n) is 2.08. The summed E-state index contributed by atoms with van der Waals surface area (Å²) in [6, 6.07) is 0. The lowest BCUT2D eigenvalue weighted by Gasteiger charge is -2.06. The number of halogens is 3. The normalized spacial score (nSPS) is 10.5. The van der Waals surface area contributed by atoms with Gasteiger partial charge in [0.1, 0.15) is 16.6 Å². The molecule has 0 aliphatic carbocycles. The number of hydrogen-bond donors (Lipinski definition) is 1. The highest BCUT2D eigenvalue weighted by Gasteiger charge is 2.09. The van der Waals surface area contributed by atoms with E-state index in [0.717, 1.165) is 6.33 Å². The third-order valence-electron chi connectivity index (χ3n) is 1.13. The average molecular weight is 254 g/mol. The molecule has 0 atom stereocenters. The summed E-state index contributed by atoms with van der Waals surface area (Å²) in [5.74, 6) is 0.173. The summed E-state index contributed by atoms with van der Waals surface area (Å²) in [7, 11) is 0. The molecule has 0 saturated carbocycles. The molecule has 1 heterocycles. The van der Waals surface area contributed by atoms with Crippen LogP contribution in [-0.4, -0.2) is 23.0 Å². The molecule has 1 aromatic rings. The fraction of sp³-hybridized carbons (Fsp3) is 0.333. The van der Waals surface area contributed by atoms with Crippen molar-refractivity contribution in [2.45, 2.75) is 6.43 Å². The molecule has 0 bridgehead atoms. The second-order valence-corrected chi connectivity index (χ2v) is 2.87. The number of rotatable bonds is 3. The number of nitrogens with two attached hydrogens (primary N) is 1.